The van der Waals surface area contributed by atoms with Crippen LogP contribution < -0.4 is 4.74 Å². The summed E-state index contributed by atoms with van der Waals surface area (Å²) in [5.41, 5.74) is 1.88. The molecular weight excluding hydrogens is 306 g/mol. The van der Waals surface area contributed by atoms with Gasteiger partial charge in [0.25, 0.3) is 0 Å². The quantitative estimate of drug-likeness (QED) is 0.849. The van der Waals surface area contributed by atoms with Crippen LogP contribution in [0.4, 0.5) is 0 Å². The third-order valence-electron chi connectivity index (χ3n) is 5.33. The van der Waals surface area contributed by atoms with Crippen LogP contribution in [0.25, 0.3) is 0 Å². The van der Waals surface area contributed by atoms with Crippen LogP contribution in [0, 0.1) is 6.92 Å². The molecule has 1 aromatic rings. The van der Waals surface area contributed by atoms with Gasteiger partial charge in [-0.25, -0.2) is 0 Å². The Bertz CT molecular complexity index is 595. The molecule has 0 aromatic heterocycles. The van der Waals surface area contributed by atoms with Gasteiger partial charge in [-0.3, -0.25) is 4.79 Å². The number of carbonyl (C=O) groups excluding carboxylic acids is 1. The minimum atomic E-state index is -0.188. The summed E-state index contributed by atoms with van der Waals surface area (Å²) < 4.78 is 17.1. The van der Waals surface area contributed by atoms with E-state index in [0.29, 0.717) is 13.0 Å². The summed E-state index contributed by atoms with van der Waals surface area (Å²) >= 11 is 0. The fraction of sp³-hybridized carbons (Fsp3) is 0.632. The molecule has 2 heterocycles. The lowest BCUT2D eigenvalue weighted by atomic mass is 9.85. The molecule has 2 aliphatic heterocycles. The molecule has 2 fully saturated rings. The first-order valence-electron chi connectivity index (χ1n) is 8.66. The van der Waals surface area contributed by atoms with Crippen molar-refractivity contribution >= 4 is 5.91 Å². The molecule has 132 valence electrons. The molecule has 0 radical (unpaired) electrons. The lowest BCUT2D eigenvalue weighted by Crippen LogP contribution is -2.57. The average Bonchev–Trinajstić information content (AvgIpc) is 3.04. The summed E-state index contributed by atoms with van der Waals surface area (Å²) in [6.07, 6.45) is 3.27. The van der Waals surface area contributed by atoms with Crippen molar-refractivity contribution in [1.29, 1.82) is 0 Å². The van der Waals surface area contributed by atoms with Gasteiger partial charge in [-0.2, -0.15) is 0 Å². The maximum Gasteiger partial charge on any atom is 0.227 e. The molecule has 0 aliphatic carbocycles. The van der Waals surface area contributed by atoms with Crippen molar-refractivity contribution in [2.45, 2.75) is 44.3 Å². The first kappa shape index (κ1) is 17.2. The minimum Gasteiger partial charge on any atom is -0.496 e. The van der Waals surface area contributed by atoms with Crippen molar-refractivity contribution < 1.29 is 19.0 Å². The largest absolute Gasteiger partial charge is 0.496 e. The van der Waals surface area contributed by atoms with Gasteiger partial charge in [-0.05, 0) is 32.3 Å². The summed E-state index contributed by atoms with van der Waals surface area (Å²) in [4.78, 5) is 14.7. The van der Waals surface area contributed by atoms with E-state index >= 15 is 0 Å². The predicted octanol–water partition coefficient (Wildman–Crippen LogP) is 2.34. The lowest BCUT2D eigenvalue weighted by Gasteiger charge is -2.44. The second-order valence-corrected chi connectivity index (χ2v) is 6.82. The SMILES string of the molecule is COc1ccc(C)cc1CC(=O)N1CC[C@@]2(CCCO2)[C@@H](OC)C1. The highest BCUT2D eigenvalue weighted by Gasteiger charge is 2.47. The standard InChI is InChI=1S/C19H27NO4/c1-14-5-6-16(22-2)15(11-14)12-18(21)20-9-8-19(7-4-10-24-19)17(13-20)23-3/h5-6,11,17H,4,7-10,12-13H2,1-3H3/t17-,19-/m0/s1. The third kappa shape index (κ3) is 3.28. The maximum absolute atomic E-state index is 12.8. The van der Waals surface area contributed by atoms with Crippen molar-refractivity contribution in [1.82, 2.24) is 4.90 Å². The Morgan fingerprint density at radius 2 is 2.21 bits per heavy atom. The number of methoxy groups -OCH3 is 2. The van der Waals surface area contributed by atoms with Crippen LogP contribution in [-0.2, 0) is 20.7 Å². The van der Waals surface area contributed by atoms with Crippen LogP contribution >= 0.6 is 0 Å². The fourth-order valence-electron chi connectivity index (χ4n) is 3.95. The van der Waals surface area contributed by atoms with E-state index < -0.39 is 0 Å². The normalized spacial score (nSPS) is 26.8. The van der Waals surface area contributed by atoms with Crippen LogP contribution in [0.2, 0.25) is 0 Å². The Morgan fingerprint density at radius 3 is 2.88 bits per heavy atom. The highest BCUT2D eigenvalue weighted by molar-refractivity contribution is 5.79. The molecule has 3 rings (SSSR count). The predicted molar refractivity (Wildman–Crippen MR) is 91.3 cm³/mol. The van der Waals surface area contributed by atoms with Gasteiger partial charge in [0.2, 0.25) is 5.91 Å². The summed E-state index contributed by atoms with van der Waals surface area (Å²) in [5, 5.41) is 0. The number of ether oxygens (including phenoxy) is 3. The van der Waals surface area contributed by atoms with Crippen molar-refractivity contribution in [3.63, 3.8) is 0 Å². The van der Waals surface area contributed by atoms with Crippen LogP contribution in [0.15, 0.2) is 18.2 Å². The van der Waals surface area contributed by atoms with Crippen LogP contribution in [0.1, 0.15) is 30.4 Å². The number of benzene rings is 1. The number of aryl methyl sites for hydroxylation is 1. The van der Waals surface area contributed by atoms with E-state index in [1.54, 1.807) is 14.2 Å². The van der Waals surface area contributed by atoms with Crippen molar-refractivity contribution in [2.24, 2.45) is 0 Å². The molecule has 5 nitrogen and oxygen atoms in total. The Hall–Kier alpha value is -1.59. The number of hydrogen-bond donors (Lipinski definition) is 0. The lowest BCUT2D eigenvalue weighted by molar-refractivity contribution is -0.158. The van der Waals surface area contributed by atoms with Gasteiger partial charge in [0.05, 0.1) is 19.1 Å². The Kier molecular flexibility index (Phi) is 5.11. The van der Waals surface area contributed by atoms with E-state index in [2.05, 4.69) is 0 Å². The number of likely N-dealkylation sites (tertiary alicyclic amines) is 1. The van der Waals surface area contributed by atoms with Gasteiger partial charge in [0, 0.05) is 32.4 Å². The number of rotatable bonds is 4. The van der Waals surface area contributed by atoms with Crippen LogP contribution in [-0.4, -0.2) is 56.4 Å². The molecule has 2 atom stereocenters. The second-order valence-electron chi connectivity index (χ2n) is 6.82. The Balaban J connectivity index is 1.69. The van der Waals surface area contributed by atoms with Gasteiger partial charge < -0.3 is 19.1 Å². The van der Waals surface area contributed by atoms with E-state index in [0.717, 1.165) is 49.3 Å². The van der Waals surface area contributed by atoms with Crippen molar-refractivity contribution in [3.8, 4) is 5.75 Å². The van der Waals surface area contributed by atoms with Crippen LogP contribution in [0.5, 0.6) is 5.75 Å². The van der Waals surface area contributed by atoms with E-state index in [9.17, 15) is 4.79 Å². The van der Waals surface area contributed by atoms with Gasteiger partial charge in [0.1, 0.15) is 11.9 Å². The van der Waals surface area contributed by atoms with E-state index in [-0.39, 0.29) is 17.6 Å². The molecule has 1 amide bonds. The number of carbonyl (C=O) groups is 1. The molecule has 0 unspecified atom stereocenters. The molecule has 5 heteroatoms. The third-order valence-corrected chi connectivity index (χ3v) is 5.33. The van der Waals surface area contributed by atoms with Crippen molar-refractivity contribution in [3.05, 3.63) is 29.3 Å². The molecule has 24 heavy (non-hydrogen) atoms. The zero-order chi connectivity index (χ0) is 17.2. The maximum atomic E-state index is 12.8. The van der Waals surface area contributed by atoms with E-state index in [1.807, 2.05) is 30.0 Å². The Labute approximate surface area is 143 Å². The fourth-order valence-corrected chi connectivity index (χ4v) is 3.95. The molecule has 2 saturated heterocycles. The number of hydrogen-bond acceptors (Lipinski definition) is 4. The summed E-state index contributed by atoms with van der Waals surface area (Å²) in [6.45, 7) is 4.15. The second kappa shape index (κ2) is 7.11. The topological polar surface area (TPSA) is 48.0 Å². The average molecular weight is 333 g/mol. The molecule has 0 N–H and O–H groups in total. The zero-order valence-corrected chi connectivity index (χ0v) is 14.8. The first-order chi connectivity index (χ1) is 11.6. The number of nitrogens with zero attached hydrogens (tertiary/aromatic N) is 1. The molecular formula is C19H27NO4. The van der Waals surface area contributed by atoms with E-state index in [4.69, 9.17) is 14.2 Å². The van der Waals surface area contributed by atoms with Gasteiger partial charge in [0.15, 0.2) is 0 Å². The number of piperidine rings is 1. The molecule has 2 aliphatic rings. The first-order valence-corrected chi connectivity index (χ1v) is 8.66. The number of amides is 1. The van der Waals surface area contributed by atoms with Crippen LogP contribution in [0.3, 0.4) is 0 Å². The highest BCUT2D eigenvalue weighted by atomic mass is 16.5. The Morgan fingerprint density at radius 1 is 1.38 bits per heavy atom. The van der Waals surface area contributed by atoms with Gasteiger partial charge in [-0.1, -0.05) is 17.7 Å². The summed E-state index contributed by atoms with van der Waals surface area (Å²) in [6, 6.07) is 5.94. The molecule has 0 bridgehead atoms. The summed E-state index contributed by atoms with van der Waals surface area (Å²) in [5.74, 6) is 0.888. The highest BCUT2D eigenvalue weighted by Crippen LogP contribution is 2.37. The summed E-state index contributed by atoms with van der Waals surface area (Å²) in [7, 11) is 3.35. The van der Waals surface area contributed by atoms with Crippen molar-refractivity contribution in [2.75, 3.05) is 33.9 Å². The van der Waals surface area contributed by atoms with E-state index in [1.165, 1.54) is 0 Å². The zero-order valence-electron chi connectivity index (χ0n) is 14.8. The monoisotopic (exact) mass is 333 g/mol. The van der Waals surface area contributed by atoms with Gasteiger partial charge in [-0.15, -0.1) is 0 Å². The minimum absolute atomic E-state index is 0.0443. The molecule has 1 spiro atoms. The van der Waals surface area contributed by atoms with Gasteiger partial charge >= 0.3 is 0 Å². The molecule has 1 aromatic carbocycles. The smallest absolute Gasteiger partial charge is 0.227 e. The molecule has 0 saturated carbocycles.